The highest BCUT2D eigenvalue weighted by molar-refractivity contribution is 5.84. The summed E-state index contributed by atoms with van der Waals surface area (Å²) in [6.07, 6.45) is 6.68. The molecule has 0 bridgehead atoms. The van der Waals surface area contributed by atoms with Crippen molar-refractivity contribution in [2.45, 2.75) is 13.8 Å². The topological polar surface area (TPSA) is 66.8 Å². The summed E-state index contributed by atoms with van der Waals surface area (Å²) in [5.41, 5.74) is 2.58. The van der Waals surface area contributed by atoms with Crippen molar-refractivity contribution in [2.24, 2.45) is 4.99 Å². The SMILES string of the molecule is CC(C)=CC=Nc1ncnc2nc[nH]c12. The Bertz CT molecular complexity index is 519. The first kappa shape index (κ1) is 9.51. The van der Waals surface area contributed by atoms with Crippen molar-refractivity contribution in [2.75, 3.05) is 0 Å². The number of rotatable bonds is 2. The molecule has 0 amide bonds. The fraction of sp³-hybridized carbons (Fsp3) is 0.200. The molecule has 0 unspecified atom stereocenters. The number of hydrogen-bond acceptors (Lipinski definition) is 4. The maximum Gasteiger partial charge on any atom is 0.182 e. The molecule has 2 heterocycles. The van der Waals surface area contributed by atoms with Crippen LogP contribution in [-0.2, 0) is 0 Å². The van der Waals surface area contributed by atoms with Crippen LogP contribution >= 0.6 is 0 Å². The summed E-state index contributed by atoms with van der Waals surface area (Å²) in [7, 11) is 0. The molecule has 76 valence electrons. The van der Waals surface area contributed by atoms with Gasteiger partial charge in [0, 0.05) is 6.21 Å². The van der Waals surface area contributed by atoms with Crippen molar-refractivity contribution in [3.63, 3.8) is 0 Å². The molecule has 0 aliphatic heterocycles. The molecule has 0 aromatic carbocycles. The van der Waals surface area contributed by atoms with Crippen LogP contribution in [0.15, 0.2) is 29.3 Å². The van der Waals surface area contributed by atoms with Crippen molar-refractivity contribution in [1.82, 2.24) is 19.9 Å². The van der Waals surface area contributed by atoms with Gasteiger partial charge >= 0.3 is 0 Å². The summed E-state index contributed by atoms with van der Waals surface area (Å²) in [6, 6.07) is 0. The summed E-state index contributed by atoms with van der Waals surface area (Å²) in [5.74, 6) is 0.606. The molecule has 1 N–H and O–H groups in total. The predicted molar refractivity (Wildman–Crippen MR) is 59.3 cm³/mol. The molecule has 0 aliphatic rings. The van der Waals surface area contributed by atoms with Crippen LogP contribution in [0.4, 0.5) is 5.82 Å². The highest BCUT2D eigenvalue weighted by Gasteiger charge is 2.02. The largest absolute Gasteiger partial charge is 0.340 e. The van der Waals surface area contributed by atoms with E-state index >= 15 is 0 Å². The maximum absolute atomic E-state index is 4.22. The number of aromatic amines is 1. The Balaban J connectivity index is 2.39. The first-order valence-electron chi connectivity index (χ1n) is 4.59. The van der Waals surface area contributed by atoms with Crippen molar-refractivity contribution < 1.29 is 0 Å². The van der Waals surface area contributed by atoms with E-state index in [9.17, 15) is 0 Å². The molecule has 0 aliphatic carbocycles. The van der Waals surface area contributed by atoms with E-state index in [0.29, 0.717) is 11.5 Å². The molecular weight excluding hydrogens is 190 g/mol. The van der Waals surface area contributed by atoms with Crippen LogP contribution in [-0.4, -0.2) is 26.2 Å². The zero-order chi connectivity index (χ0) is 10.7. The van der Waals surface area contributed by atoms with E-state index in [2.05, 4.69) is 24.9 Å². The molecule has 2 rings (SSSR count). The first-order valence-corrected chi connectivity index (χ1v) is 4.59. The summed E-state index contributed by atoms with van der Waals surface area (Å²) >= 11 is 0. The molecule has 0 radical (unpaired) electrons. The lowest BCUT2D eigenvalue weighted by Gasteiger charge is -1.92. The molecule has 2 aromatic rings. The number of aromatic nitrogens is 4. The van der Waals surface area contributed by atoms with Crippen LogP contribution in [0.3, 0.4) is 0 Å². The van der Waals surface area contributed by atoms with E-state index in [1.807, 2.05) is 19.9 Å². The molecule has 0 saturated heterocycles. The number of aliphatic imine (C=N–C) groups is 1. The monoisotopic (exact) mass is 201 g/mol. The molecule has 0 spiro atoms. The summed E-state index contributed by atoms with van der Waals surface area (Å²) in [6.45, 7) is 4.02. The second-order valence-electron chi connectivity index (χ2n) is 3.32. The Kier molecular flexibility index (Phi) is 2.53. The van der Waals surface area contributed by atoms with E-state index in [0.717, 1.165) is 5.52 Å². The number of hydrogen-bond donors (Lipinski definition) is 1. The van der Waals surface area contributed by atoms with E-state index < -0.39 is 0 Å². The van der Waals surface area contributed by atoms with Crippen LogP contribution in [0.25, 0.3) is 11.2 Å². The minimum atomic E-state index is 0.606. The van der Waals surface area contributed by atoms with Crippen molar-refractivity contribution >= 4 is 23.2 Å². The Hall–Kier alpha value is -2.04. The van der Waals surface area contributed by atoms with Gasteiger partial charge in [0.1, 0.15) is 11.8 Å². The van der Waals surface area contributed by atoms with Crippen LogP contribution in [0, 0.1) is 0 Å². The van der Waals surface area contributed by atoms with Gasteiger partial charge in [-0.1, -0.05) is 5.57 Å². The van der Waals surface area contributed by atoms with Gasteiger partial charge in [-0.15, -0.1) is 0 Å². The second kappa shape index (κ2) is 4.00. The summed E-state index contributed by atoms with van der Waals surface area (Å²) < 4.78 is 0. The molecule has 0 saturated carbocycles. The second-order valence-corrected chi connectivity index (χ2v) is 3.32. The molecule has 0 fully saturated rings. The van der Waals surface area contributed by atoms with Crippen molar-refractivity contribution in [3.8, 4) is 0 Å². The highest BCUT2D eigenvalue weighted by atomic mass is 15.0. The quantitative estimate of drug-likeness (QED) is 0.756. The third kappa shape index (κ3) is 2.07. The number of H-pyrrole nitrogens is 1. The third-order valence-corrected chi connectivity index (χ3v) is 1.81. The average molecular weight is 201 g/mol. The van der Waals surface area contributed by atoms with E-state index in [4.69, 9.17) is 0 Å². The highest BCUT2D eigenvalue weighted by Crippen LogP contribution is 2.16. The van der Waals surface area contributed by atoms with Gasteiger partial charge in [0.15, 0.2) is 11.5 Å². The fourth-order valence-corrected chi connectivity index (χ4v) is 1.11. The average Bonchev–Trinajstić information content (AvgIpc) is 2.65. The minimum Gasteiger partial charge on any atom is -0.340 e. The lowest BCUT2D eigenvalue weighted by Crippen LogP contribution is -1.82. The lowest BCUT2D eigenvalue weighted by atomic mass is 10.3. The lowest BCUT2D eigenvalue weighted by molar-refractivity contribution is 1.18. The van der Waals surface area contributed by atoms with Crippen molar-refractivity contribution in [3.05, 3.63) is 24.3 Å². The zero-order valence-electron chi connectivity index (χ0n) is 8.60. The molecular formula is C10H11N5. The van der Waals surface area contributed by atoms with Gasteiger partial charge in [-0.25, -0.2) is 19.9 Å². The molecule has 0 atom stereocenters. The smallest absolute Gasteiger partial charge is 0.182 e. The number of nitrogens with zero attached hydrogens (tertiary/aromatic N) is 4. The van der Waals surface area contributed by atoms with Gasteiger partial charge in [-0.3, -0.25) is 0 Å². The first-order chi connectivity index (χ1) is 7.27. The van der Waals surface area contributed by atoms with Gasteiger partial charge in [0.05, 0.1) is 6.33 Å². The molecule has 5 heteroatoms. The standard InChI is InChI=1S/C10H11N5/c1-7(2)3-4-11-9-8-10(13-5-12-8)15-6-14-9/h3-6H,1-2H3,(H,12,13,14,15). The number of imidazole rings is 1. The Morgan fingerprint density at radius 3 is 3.00 bits per heavy atom. The summed E-state index contributed by atoms with van der Waals surface area (Å²) in [4.78, 5) is 19.3. The van der Waals surface area contributed by atoms with Gasteiger partial charge < -0.3 is 4.98 Å². The Morgan fingerprint density at radius 2 is 2.20 bits per heavy atom. The zero-order valence-corrected chi connectivity index (χ0v) is 8.60. The molecule has 5 nitrogen and oxygen atoms in total. The van der Waals surface area contributed by atoms with Crippen LogP contribution in [0.5, 0.6) is 0 Å². The van der Waals surface area contributed by atoms with Gasteiger partial charge in [0.25, 0.3) is 0 Å². The fourth-order valence-electron chi connectivity index (χ4n) is 1.11. The van der Waals surface area contributed by atoms with E-state index in [1.54, 1.807) is 12.5 Å². The number of nitrogens with one attached hydrogen (secondary N) is 1. The predicted octanol–water partition coefficient (Wildman–Crippen LogP) is 2.02. The number of fused-ring (bicyclic) bond motifs is 1. The third-order valence-electron chi connectivity index (χ3n) is 1.81. The van der Waals surface area contributed by atoms with Crippen LogP contribution < -0.4 is 0 Å². The Labute approximate surface area is 87.0 Å². The Morgan fingerprint density at radius 1 is 1.33 bits per heavy atom. The number of allylic oxidation sites excluding steroid dienone is 2. The van der Waals surface area contributed by atoms with Gasteiger partial charge in [-0.2, -0.15) is 0 Å². The van der Waals surface area contributed by atoms with Crippen LogP contribution in [0.2, 0.25) is 0 Å². The maximum atomic E-state index is 4.22. The minimum absolute atomic E-state index is 0.606. The molecule has 15 heavy (non-hydrogen) atoms. The van der Waals surface area contributed by atoms with Gasteiger partial charge in [0.2, 0.25) is 0 Å². The van der Waals surface area contributed by atoms with E-state index in [1.165, 1.54) is 11.9 Å². The normalized spacial score (nSPS) is 11.1. The van der Waals surface area contributed by atoms with E-state index in [-0.39, 0.29) is 0 Å². The summed E-state index contributed by atoms with van der Waals surface area (Å²) in [5, 5.41) is 0. The van der Waals surface area contributed by atoms with Gasteiger partial charge in [-0.05, 0) is 19.9 Å². The van der Waals surface area contributed by atoms with Crippen molar-refractivity contribution in [1.29, 1.82) is 0 Å². The molecule has 2 aromatic heterocycles. The van der Waals surface area contributed by atoms with Crippen LogP contribution in [0.1, 0.15) is 13.8 Å².